The van der Waals surface area contributed by atoms with E-state index < -0.39 is 12.2 Å². The van der Waals surface area contributed by atoms with Crippen molar-refractivity contribution in [2.75, 3.05) is 6.61 Å². The Bertz CT molecular complexity index is 404. The maximum absolute atomic E-state index is 12.0. The van der Waals surface area contributed by atoms with Crippen molar-refractivity contribution < 1.29 is 24.5 Å². The van der Waals surface area contributed by atoms with Crippen LogP contribution in [0.1, 0.15) is 58.8 Å². The predicted octanol–water partition coefficient (Wildman–Crippen LogP) is 2.39. The van der Waals surface area contributed by atoms with Crippen molar-refractivity contribution >= 4 is 11.8 Å². The first-order chi connectivity index (χ1) is 11.0. The molecule has 0 aliphatic heterocycles. The van der Waals surface area contributed by atoms with Crippen molar-refractivity contribution in [3.63, 3.8) is 0 Å². The second-order valence-electron chi connectivity index (χ2n) is 6.21. The molecule has 0 bridgehead atoms. The van der Waals surface area contributed by atoms with Crippen molar-refractivity contribution in [3.05, 3.63) is 12.2 Å². The van der Waals surface area contributed by atoms with Crippen molar-refractivity contribution in [1.82, 2.24) is 0 Å². The molecule has 4 unspecified atom stereocenters. The molecular formula is C18H30O5. The van der Waals surface area contributed by atoms with Gasteiger partial charge in [-0.3, -0.25) is 9.59 Å². The molecule has 1 saturated carbocycles. The van der Waals surface area contributed by atoms with E-state index in [2.05, 4.69) is 6.92 Å². The van der Waals surface area contributed by atoms with Crippen LogP contribution in [0, 0.1) is 11.8 Å². The normalized spacial score (nSPS) is 25.9. The summed E-state index contributed by atoms with van der Waals surface area (Å²) in [6, 6.07) is 0. The minimum Gasteiger partial charge on any atom is -0.466 e. The highest BCUT2D eigenvalue weighted by atomic mass is 16.5. The quantitative estimate of drug-likeness (QED) is 0.366. The zero-order valence-electron chi connectivity index (χ0n) is 14.2. The molecule has 0 saturated heterocycles. The molecule has 2 N–H and O–H groups in total. The smallest absolute Gasteiger partial charge is 0.305 e. The summed E-state index contributed by atoms with van der Waals surface area (Å²) in [6.45, 7) is 4.18. The minimum atomic E-state index is -0.728. The fourth-order valence-corrected chi connectivity index (χ4v) is 3.05. The van der Waals surface area contributed by atoms with Gasteiger partial charge in [0.05, 0.1) is 18.8 Å². The molecule has 0 heterocycles. The summed E-state index contributed by atoms with van der Waals surface area (Å²) < 4.78 is 4.88. The van der Waals surface area contributed by atoms with Crippen LogP contribution < -0.4 is 0 Å². The largest absolute Gasteiger partial charge is 0.466 e. The maximum atomic E-state index is 12.0. The number of hydrogen-bond donors (Lipinski definition) is 2. The summed E-state index contributed by atoms with van der Waals surface area (Å²) in [7, 11) is 0. The molecule has 1 fully saturated rings. The third-order valence-electron chi connectivity index (χ3n) is 4.36. The molecule has 132 valence electrons. The molecule has 0 aromatic rings. The van der Waals surface area contributed by atoms with Gasteiger partial charge < -0.3 is 14.9 Å². The number of ketones is 1. The zero-order valence-corrected chi connectivity index (χ0v) is 14.2. The molecule has 0 aromatic heterocycles. The first-order valence-electron chi connectivity index (χ1n) is 8.72. The fraction of sp³-hybridized carbons (Fsp3) is 0.778. The molecule has 23 heavy (non-hydrogen) atoms. The summed E-state index contributed by atoms with van der Waals surface area (Å²) in [5.74, 6) is -1.02. The van der Waals surface area contributed by atoms with Crippen LogP contribution in [0.5, 0.6) is 0 Å². The van der Waals surface area contributed by atoms with Gasteiger partial charge in [-0.2, -0.15) is 0 Å². The number of rotatable bonds is 10. The van der Waals surface area contributed by atoms with Crippen molar-refractivity contribution in [1.29, 1.82) is 0 Å². The third-order valence-corrected chi connectivity index (χ3v) is 4.36. The number of esters is 1. The van der Waals surface area contributed by atoms with Crippen LogP contribution in [0.4, 0.5) is 0 Å². The summed E-state index contributed by atoms with van der Waals surface area (Å²) >= 11 is 0. The fourth-order valence-electron chi connectivity index (χ4n) is 3.05. The maximum Gasteiger partial charge on any atom is 0.305 e. The average Bonchev–Trinajstić information content (AvgIpc) is 2.77. The number of aliphatic hydroxyl groups is 2. The van der Waals surface area contributed by atoms with Gasteiger partial charge in [-0.05, 0) is 19.8 Å². The van der Waals surface area contributed by atoms with Gasteiger partial charge >= 0.3 is 5.97 Å². The van der Waals surface area contributed by atoms with E-state index in [1.165, 1.54) is 0 Å². The third kappa shape index (κ3) is 6.83. The van der Waals surface area contributed by atoms with Crippen molar-refractivity contribution in [2.45, 2.75) is 71.0 Å². The molecule has 4 atom stereocenters. The van der Waals surface area contributed by atoms with E-state index in [1.807, 2.05) is 0 Å². The van der Waals surface area contributed by atoms with Crippen LogP contribution in [0.25, 0.3) is 0 Å². The molecule has 0 amide bonds. The number of aliphatic hydroxyl groups excluding tert-OH is 2. The Kier molecular flexibility index (Phi) is 9.10. The molecule has 0 radical (unpaired) electrons. The van der Waals surface area contributed by atoms with Crippen LogP contribution in [-0.2, 0) is 14.3 Å². The van der Waals surface area contributed by atoms with Crippen LogP contribution in [0.15, 0.2) is 12.2 Å². The molecule has 5 heteroatoms. The molecule has 1 aliphatic carbocycles. The van der Waals surface area contributed by atoms with E-state index in [0.29, 0.717) is 19.4 Å². The average molecular weight is 326 g/mol. The van der Waals surface area contributed by atoms with Gasteiger partial charge in [0.2, 0.25) is 0 Å². The molecule has 0 aromatic carbocycles. The molecule has 1 aliphatic rings. The van der Waals surface area contributed by atoms with Gasteiger partial charge in [-0.1, -0.05) is 38.3 Å². The van der Waals surface area contributed by atoms with E-state index in [4.69, 9.17) is 4.74 Å². The summed E-state index contributed by atoms with van der Waals surface area (Å²) in [6.07, 6.45) is 6.67. The highest BCUT2D eigenvalue weighted by Gasteiger charge is 2.39. The standard InChI is InChI=1S/C18H30O5/c1-3-5-6-7-13(19)8-9-14-15(17(21)12-16(14)20)10-11-18(22)23-4-2/h8-9,13-16,19-20H,3-7,10-12H2,1-2H3. The number of carbonyl (C=O) groups excluding carboxylic acids is 2. The lowest BCUT2D eigenvalue weighted by molar-refractivity contribution is -0.143. The van der Waals surface area contributed by atoms with Gasteiger partial charge in [0.15, 0.2) is 0 Å². The topological polar surface area (TPSA) is 83.8 Å². The van der Waals surface area contributed by atoms with E-state index in [1.54, 1.807) is 19.1 Å². The minimum absolute atomic E-state index is 0.0167. The van der Waals surface area contributed by atoms with Crippen LogP contribution in [0.3, 0.4) is 0 Å². The number of hydrogen-bond acceptors (Lipinski definition) is 5. The number of Topliss-reactive ketones (excluding diaryl/α,β-unsaturated/α-hetero) is 1. The summed E-state index contributed by atoms with van der Waals surface area (Å²) in [4.78, 5) is 23.5. The number of unbranched alkanes of at least 4 members (excludes halogenated alkanes) is 2. The Balaban J connectivity index is 2.55. The first kappa shape index (κ1) is 19.8. The lowest BCUT2D eigenvalue weighted by Crippen LogP contribution is -2.20. The van der Waals surface area contributed by atoms with E-state index in [-0.39, 0.29) is 36.4 Å². The summed E-state index contributed by atoms with van der Waals surface area (Å²) in [5, 5.41) is 20.0. The van der Waals surface area contributed by atoms with E-state index >= 15 is 0 Å². The first-order valence-corrected chi connectivity index (χ1v) is 8.72. The number of carbonyl (C=O) groups is 2. The van der Waals surface area contributed by atoms with E-state index in [0.717, 1.165) is 19.3 Å². The molecular weight excluding hydrogens is 296 g/mol. The Morgan fingerprint density at radius 3 is 2.78 bits per heavy atom. The second-order valence-corrected chi connectivity index (χ2v) is 6.21. The van der Waals surface area contributed by atoms with Gasteiger partial charge in [-0.15, -0.1) is 0 Å². The lowest BCUT2D eigenvalue weighted by atomic mass is 9.89. The van der Waals surface area contributed by atoms with Crippen molar-refractivity contribution in [2.24, 2.45) is 11.8 Å². The van der Waals surface area contributed by atoms with Gasteiger partial charge in [0.1, 0.15) is 5.78 Å². The molecule has 1 rings (SSSR count). The van der Waals surface area contributed by atoms with Gasteiger partial charge in [0, 0.05) is 24.7 Å². The highest BCUT2D eigenvalue weighted by molar-refractivity contribution is 5.85. The Morgan fingerprint density at radius 1 is 1.39 bits per heavy atom. The zero-order chi connectivity index (χ0) is 17.2. The van der Waals surface area contributed by atoms with Crippen LogP contribution in [0.2, 0.25) is 0 Å². The second kappa shape index (κ2) is 10.6. The Labute approximate surface area is 138 Å². The number of ether oxygens (including phenoxy) is 1. The Morgan fingerprint density at radius 2 is 2.13 bits per heavy atom. The summed E-state index contributed by atoms with van der Waals surface area (Å²) in [5.41, 5.74) is 0. The highest BCUT2D eigenvalue weighted by Crippen LogP contribution is 2.34. The monoisotopic (exact) mass is 326 g/mol. The molecule has 5 nitrogen and oxygen atoms in total. The van der Waals surface area contributed by atoms with Crippen LogP contribution >= 0.6 is 0 Å². The van der Waals surface area contributed by atoms with Crippen LogP contribution in [-0.4, -0.2) is 40.8 Å². The van der Waals surface area contributed by atoms with Gasteiger partial charge in [0.25, 0.3) is 0 Å². The van der Waals surface area contributed by atoms with Crippen molar-refractivity contribution in [3.8, 4) is 0 Å². The van der Waals surface area contributed by atoms with E-state index in [9.17, 15) is 19.8 Å². The van der Waals surface area contributed by atoms with Gasteiger partial charge in [-0.25, -0.2) is 0 Å². The Hall–Kier alpha value is -1.20. The molecule has 0 spiro atoms. The SMILES string of the molecule is CCCCCC(O)C=CC1C(O)CC(=O)C1CCC(=O)OCC. The predicted molar refractivity (Wildman–Crippen MR) is 87.8 cm³/mol. The lowest BCUT2D eigenvalue weighted by Gasteiger charge is -2.17.